The van der Waals surface area contributed by atoms with Gasteiger partial charge in [-0.1, -0.05) is 0 Å². The van der Waals surface area contributed by atoms with E-state index in [2.05, 4.69) is 0 Å². The fourth-order valence-corrected chi connectivity index (χ4v) is 4.16. The number of rotatable bonds is 4. The lowest BCUT2D eigenvalue weighted by atomic mass is 9.79. The van der Waals surface area contributed by atoms with Crippen LogP contribution in [0.4, 0.5) is 0 Å². The fraction of sp³-hybridized carbons (Fsp3) is 0.800. The van der Waals surface area contributed by atoms with Crippen molar-refractivity contribution in [1.29, 1.82) is 0 Å². The summed E-state index contributed by atoms with van der Waals surface area (Å²) in [6.07, 6.45) is 2.21. The minimum absolute atomic E-state index is 0.0642. The number of nitrogens with zero attached hydrogens (tertiary/aromatic N) is 2. The van der Waals surface area contributed by atoms with Gasteiger partial charge in [-0.05, 0) is 26.7 Å². The maximum absolute atomic E-state index is 12.7. The SMILES string of the molecule is CCN(CC)C(=O)[C@@H]1C(C)=[N+](C)[C@]2(C(=O)[O-])CCC[C@H]12. The Balaban J connectivity index is 2.43. The number of carboxylic acids is 1. The summed E-state index contributed by atoms with van der Waals surface area (Å²) in [6, 6.07) is 0. The number of likely N-dealkylation sites (N-methyl/N-ethyl adjacent to an activating group) is 1. The maximum atomic E-state index is 12.7. The molecule has 1 amide bonds. The maximum Gasteiger partial charge on any atom is 0.236 e. The topological polar surface area (TPSA) is 63.5 Å². The van der Waals surface area contributed by atoms with Crippen molar-refractivity contribution in [1.82, 2.24) is 4.90 Å². The van der Waals surface area contributed by atoms with Crippen LogP contribution in [0, 0.1) is 11.8 Å². The van der Waals surface area contributed by atoms with Crippen LogP contribution in [0.3, 0.4) is 0 Å². The zero-order valence-electron chi connectivity index (χ0n) is 12.8. The van der Waals surface area contributed by atoms with E-state index in [4.69, 9.17) is 0 Å². The van der Waals surface area contributed by atoms with E-state index in [1.54, 1.807) is 16.5 Å². The van der Waals surface area contributed by atoms with E-state index in [0.29, 0.717) is 19.5 Å². The average Bonchev–Trinajstić information content (AvgIpc) is 2.92. The second-order valence-electron chi connectivity index (χ2n) is 5.90. The predicted octanol–water partition coefficient (Wildman–Crippen LogP) is -0.123. The molecule has 0 unspecified atom stereocenters. The molecule has 112 valence electrons. The Morgan fingerprint density at radius 2 is 2.00 bits per heavy atom. The van der Waals surface area contributed by atoms with Crippen molar-refractivity contribution in [3.05, 3.63) is 0 Å². The number of aliphatic carboxylic acids is 1. The van der Waals surface area contributed by atoms with Gasteiger partial charge >= 0.3 is 0 Å². The lowest BCUT2D eigenvalue weighted by molar-refractivity contribution is -0.577. The van der Waals surface area contributed by atoms with Crippen LogP contribution in [-0.4, -0.2) is 52.7 Å². The molecule has 5 nitrogen and oxygen atoms in total. The van der Waals surface area contributed by atoms with Crippen LogP contribution in [0.2, 0.25) is 0 Å². The van der Waals surface area contributed by atoms with Gasteiger partial charge in [0, 0.05) is 26.4 Å². The Labute approximate surface area is 120 Å². The van der Waals surface area contributed by atoms with Gasteiger partial charge in [-0.25, -0.2) is 4.58 Å². The van der Waals surface area contributed by atoms with E-state index in [9.17, 15) is 14.7 Å². The van der Waals surface area contributed by atoms with E-state index in [-0.39, 0.29) is 17.7 Å². The van der Waals surface area contributed by atoms with Crippen LogP contribution in [0.15, 0.2) is 0 Å². The van der Waals surface area contributed by atoms with Crippen LogP contribution >= 0.6 is 0 Å². The van der Waals surface area contributed by atoms with Crippen molar-refractivity contribution >= 4 is 17.6 Å². The third-order valence-corrected chi connectivity index (χ3v) is 5.36. The summed E-state index contributed by atoms with van der Waals surface area (Å²) in [5, 5.41) is 11.7. The first kappa shape index (κ1) is 15.0. The van der Waals surface area contributed by atoms with Gasteiger partial charge in [0.1, 0.15) is 18.9 Å². The van der Waals surface area contributed by atoms with Crippen LogP contribution in [0.5, 0.6) is 0 Å². The molecule has 1 fully saturated rings. The molecule has 0 aromatic heterocycles. The molecule has 0 radical (unpaired) electrons. The molecule has 2 rings (SSSR count). The third-order valence-electron chi connectivity index (χ3n) is 5.36. The van der Waals surface area contributed by atoms with Gasteiger partial charge in [0.25, 0.3) is 0 Å². The van der Waals surface area contributed by atoms with Crippen molar-refractivity contribution in [2.45, 2.75) is 45.6 Å². The van der Waals surface area contributed by atoms with Gasteiger partial charge < -0.3 is 14.8 Å². The fourth-order valence-electron chi connectivity index (χ4n) is 4.16. The van der Waals surface area contributed by atoms with E-state index in [0.717, 1.165) is 18.6 Å². The number of carbonyl (C=O) groups is 2. The zero-order chi connectivity index (χ0) is 15.1. The number of carbonyl (C=O) groups excluding carboxylic acids is 2. The normalized spacial score (nSPS) is 32.4. The summed E-state index contributed by atoms with van der Waals surface area (Å²) in [5.74, 6) is -1.42. The van der Waals surface area contributed by atoms with Crippen molar-refractivity contribution in [3.8, 4) is 0 Å². The van der Waals surface area contributed by atoms with Crippen LogP contribution in [-0.2, 0) is 9.59 Å². The summed E-state index contributed by atoms with van der Waals surface area (Å²) in [4.78, 5) is 26.3. The minimum atomic E-state index is -1.03. The summed E-state index contributed by atoms with van der Waals surface area (Å²) >= 11 is 0. The van der Waals surface area contributed by atoms with Crippen molar-refractivity contribution < 1.29 is 19.3 Å². The van der Waals surface area contributed by atoms with Crippen molar-refractivity contribution in [3.63, 3.8) is 0 Å². The Bertz CT molecular complexity index is 468. The number of fused-ring (bicyclic) bond motifs is 1. The lowest BCUT2D eigenvalue weighted by Crippen LogP contribution is -2.56. The first-order valence-corrected chi connectivity index (χ1v) is 7.49. The van der Waals surface area contributed by atoms with Crippen molar-refractivity contribution in [2.24, 2.45) is 11.8 Å². The molecule has 0 aromatic carbocycles. The quantitative estimate of drug-likeness (QED) is 0.674. The number of amides is 1. The molecule has 20 heavy (non-hydrogen) atoms. The monoisotopic (exact) mass is 280 g/mol. The van der Waals surface area contributed by atoms with E-state index in [1.165, 1.54) is 0 Å². The van der Waals surface area contributed by atoms with Gasteiger partial charge in [0.15, 0.2) is 5.71 Å². The molecule has 5 heteroatoms. The molecule has 0 aromatic rings. The molecule has 0 bridgehead atoms. The van der Waals surface area contributed by atoms with Gasteiger partial charge in [-0.15, -0.1) is 0 Å². The second kappa shape index (κ2) is 5.19. The van der Waals surface area contributed by atoms with E-state index in [1.807, 2.05) is 20.8 Å². The van der Waals surface area contributed by atoms with Gasteiger partial charge in [0.2, 0.25) is 11.4 Å². The molecule has 1 aliphatic heterocycles. The predicted molar refractivity (Wildman–Crippen MR) is 73.4 cm³/mol. The minimum Gasteiger partial charge on any atom is -0.543 e. The van der Waals surface area contributed by atoms with Crippen LogP contribution in [0.25, 0.3) is 0 Å². The van der Waals surface area contributed by atoms with Crippen LogP contribution < -0.4 is 5.11 Å². The van der Waals surface area contributed by atoms with E-state index >= 15 is 0 Å². The third kappa shape index (κ3) is 1.79. The summed E-state index contributed by atoms with van der Waals surface area (Å²) < 4.78 is 1.80. The molecule has 1 aliphatic carbocycles. The molecule has 0 spiro atoms. The summed E-state index contributed by atoms with van der Waals surface area (Å²) in [5.41, 5.74) is -0.104. The smallest absolute Gasteiger partial charge is 0.236 e. The molecular weight excluding hydrogens is 256 g/mol. The van der Waals surface area contributed by atoms with E-state index < -0.39 is 11.5 Å². The highest BCUT2D eigenvalue weighted by Gasteiger charge is 2.63. The molecular formula is C15H24N2O3. The Morgan fingerprint density at radius 1 is 1.40 bits per heavy atom. The zero-order valence-corrected chi connectivity index (χ0v) is 12.8. The molecule has 1 heterocycles. The van der Waals surface area contributed by atoms with Gasteiger partial charge in [0.05, 0.1) is 5.92 Å². The molecule has 2 aliphatic rings. The number of hydrogen-bond acceptors (Lipinski definition) is 3. The molecule has 0 saturated heterocycles. The second-order valence-corrected chi connectivity index (χ2v) is 5.90. The summed E-state index contributed by atoms with van der Waals surface area (Å²) in [7, 11) is 1.79. The first-order chi connectivity index (χ1) is 9.41. The number of hydrogen-bond donors (Lipinski definition) is 0. The Kier molecular flexibility index (Phi) is 3.89. The molecule has 1 saturated carbocycles. The Morgan fingerprint density at radius 3 is 2.50 bits per heavy atom. The highest BCUT2D eigenvalue weighted by molar-refractivity contribution is 6.04. The highest BCUT2D eigenvalue weighted by Crippen LogP contribution is 2.47. The number of carboxylic acid groups (broad SMARTS) is 1. The van der Waals surface area contributed by atoms with Crippen molar-refractivity contribution in [2.75, 3.05) is 20.1 Å². The van der Waals surface area contributed by atoms with Gasteiger partial charge in [-0.2, -0.15) is 0 Å². The largest absolute Gasteiger partial charge is 0.543 e. The summed E-state index contributed by atoms with van der Waals surface area (Å²) in [6.45, 7) is 7.11. The first-order valence-electron chi connectivity index (χ1n) is 7.49. The lowest BCUT2D eigenvalue weighted by Gasteiger charge is -2.29. The molecule has 0 N–H and O–H groups in total. The Hall–Kier alpha value is -1.39. The standard InChI is InChI=1S/C15H24N2O3/c1-5-17(6-2)13(18)12-10(3)16(4)15(14(19)20)9-7-8-11(12)15/h11-12H,5-9H2,1-4H3/t11-,12-,15-/m1/s1. The average molecular weight is 280 g/mol. The molecule has 3 atom stereocenters. The highest BCUT2D eigenvalue weighted by atomic mass is 16.4. The van der Waals surface area contributed by atoms with Gasteiger partial charge in [-0.3, -0.25) is 4.79 Å². The van der Waals surface area contributed by atoms with Crippen LogP contribution in [0.1, 0.15) is 40.0 Å².